The number of aromatic nitrogens is 2. The van der Waals surface area contributed by atoms with Gasteiger partial charge in [-0.1, -0.05) is 6.07 Å². The molecule has 5 nitrogen and oxygen atoms in total. The molecule has 0 aliphatic heterocycles. The number of fused-ring (bicyclic) bond motifs is 1. The Morgan fingerprint density at radius 1 is 1.50 bits per heavy atom. The normalized spacial score (nSPS) is 10.6. The Kier molecular flexibility index (Phi) is 2.40. The molecule has 0 fully saturated rings. The molecule has 1 N–H and O–H groups in total. The highest BCUT2D eigenvalue weighted by molar-refractivity contribution is 5.70. The molecule has 82 valence electrons. The van der Waals surface area contributed by atoms with Crippen molar-refractivity contribution in [1.29, 1.82) is 0 Å². The molecular formula is C10H7FN2O3. The van der Waals surface area contributed by atoms with Crippen LogP contribution in [0.2, 0.25) is 0 Å². The predicted molar refractivity (Wildman–Crippen MR) is 52.8 cm³/mol. The smallest absolute Gasteiger partial charge is 0.308 e. The fourth-order valence-electron chi connectivity index (χ4n) is 1.40. The van der Waals surface area contributed by atoms with E-state index in [4.69, 9.17) is 5.11 Å². The maximum atomic E-state index is 13.3. The van der Waals surface area contributed by atoms with Crippen LogP contribution >= 0.6 is 0 Å². The summed E-state index contributed by atoms with van der Waals surface area (Å²) in [6.45, 7) is 0. The number of nitrogens with zero attached hydrogens (tertiary/aromatic N) is 2. The van der Waals surface area contributed by atoms with Crippen LogP contribution in [0.1, 0.15) is 5.56 Å². The summed E-state index contributed by atoms with van der Waals surface area (Å²) in [5.74, 6) is -1.92. The van der Waals surface area contributed by atoms with Crippen LogP contribution in [0.4, 0.5) is 4.39 Å². The number of rotatable bonds is 2. The van der Waals surface area contributed by atoms with Crippen LogP contribution in [-0.2, 0) is 11.2 Å². The van der Waals surface area contributed by atoms with E-state index in [1.54, 1.807) is 0 Å². The zero-order valence-corrected chi connectivity index (χ0v) is 8.05. The van der Waals surface area contributed by atoms with Crippen molar-refractivity contribution in [2.45, 2.75) is 6.42 Å². The van der Waals surface area contributed by atoms with E-state index < -0.39 is 23.9 Å². The van der Waals surface area contributed by atoms with Crippen LogP contribution in [0.15, 0.2) is 29.2 Å². The van der Waals surface area contributed by atoms with Crippen molar-refractivity contribution in [1.82, 2.24) is 9.38 Å². The van der Waals surface area contributed by atoms with Crippen LogP contribution in [0.3, 0.4) is 0 Å². The Bertz CT molecular complexity index is 621. The molecule has 0 aliphatic carbocycles. The second-order valence-electron chi connectivity index (χ2n) is 3.20. The molecule has 0 bridgehead atoms. The first-order valence-corrected chi connectivity index (χ1v) is 4.46. The molecule has 0 saturated carbocycles. The molecule has 0 spiro atoms. The van der Waals surface area contributed by atoms with Gasteiger partial charge in [-0.15, -0.1) is 0 Å². The summed E-state index contributed by atoms with van der Waals surface area (Å²) in [5.41, 5.74) is -0.584. The summed E-state index contributed by atoms with van der Waals surface area (Å²) in [6.07, 6.45) is 0.689. The molecule has 0 amide bonds. The number of aliphatic carboxylic acids is 1. The highest BCUT2D eigenvalue weighted by Gasteiger charge is 2.10. The van der Waals surface area contributed by atoms with Crippen LogP contribution in [0, 0.1) is 5.95 Å². The molecular weight excluding hydrogens is 215 g/mol. The lowest BCUT2D eigenvalue weighted by molar-refractivity contribution is -0.136. The third-order valence-electron chi connectivity index (χ3n) is 2.09. The van der Waals surface area contributed by atoms with E-state index in [0.717, 1.165) is 16.7 Å². The number of hydrogen-bond donors (Lipinski definition) is 1. The van der Waals surface area contributed by atoms with Gasteiger partial charge in [0.2, 0.25) is 5.95 Å². The summed E-state index contributed by atoms with van der Waals surface area (Å²) >= 11 is 0. The van der Waals surface area contributed by atoms with E-state index >= 15 is 0 Å². The number of carbonyl (C=O) groups is 1. The minimum Gasteiger partial charge on any atom is -0.481 e. The fraction of sp³-hybridized carbons (Fsp3) is 0.100. The van der Waals surface area contributed by atoms with Gasteiger partial charge in [0.1, 0.15) is 5.65 Å². The Balaban J connectivity index is 2.73. The van der Waals surface area contributed by atoms with Gasteiger partial charge >= 0.3 is 5.97 Å². The van der Waals surface area contributed by atoms with E-state index in [0.29, 0.717) is 0 Å². The van der Waals surface area contributed by atoms with E-state index in [2.05, 4.69) is 4.98 Å². The molecule has 2 heterocycles. The first-order valence-electron chi connectivity index (χ1n) is 4.46. The molecule has 6 heteroatoms. The molecule has 2 rings (SSSR count). The third kappa shape index (κ3) is 1.65. The molecule has 2 aromatic heterocycles. The lowest BCUT2D eigenvalue weighted by atomic mass is 10.2. The van der Waals surface area contributed by atoms with Crippen molar-refractivity contribution in [2.75, 3.05) is 0 Å². The number of carboxylic acid groups (broad SMARTS) is 1. The van der Waals surface area contributed by atoms with Crippen molar-refractivity contribution in [3.05, 3.63) is 46.3 Å². The summed E-state index contributed by atoms with van der Waals surface area (Å²) < 4.78 is 14.1. The number of halogens is 1. The van der Waals surface area contributed by atoms with Gasteiger partial charge in [-0.3, -0.25) is 9.59 Å². The molecule has 0 radical (unpaired) electrons. The standard InChI is InChI=1S/C10H7FN2O3/c11-7-2-1-3-8-12-5-6(4-9(14)15)10(16)13(7)8/h1-3,5H,4H2,(H,14,15). The largest absolute Gasteiger partial charge is 0.481 e. The van der Waals surface area contributed by atoms with Crippen molar-refractivity contribution in [3.63, 3.8) is 0 Å². The Morgan fingerprint density at radius 3 is 2.94 bits per heavy atom. The first-order chi connectivity index (χ1) is 7.59. The Hall–Kier alpha value is -2.24. The van der Waals surface area contributed by atoms with Crippen molar-refractivity contribution in [2.24, 2.45) is 0 Å². The van der Waals surface area contributed by atoms with Crippen LogP contribution in [0.5, 0.6) is 0 Å². The van der Waals surface area contributed by atoms with Crippen molar-refractivity contribution >= 4 is 11.6 Å². The maximum Gasteiger partial charge on any atom is 0.308 e. The Labute approximate surface area is 88.8 Å². The van der Waals surface area contributed by atoms with E-state index in [1.165, 1.54) is 12.1 Å². The number of carboxylic acids is 1. The van der Waals surface area contributed by atoms with Gasteiger partial charge in [0.05, 0.1) is 6.42 Å². The van der Waals surface area contributed by atoms with Crippen molar-refractivity contribution < 1.29 is 14.3 Å². The van der Waals surface area contributed by atoms with Crippen LogP contribution < -0.4 is 5.56 Å². The zero-order chi connectivity index (χ0) is 11.7. The highest BCUT2D eigenvalue weighted by Crippen LogP contribution is 2.02. The lowest BCUT2D eigenvalue weighted by Crippen LogP contribution is -2.23. The number of hydrogen-bond acceptors (Lipinski definition) is 3. The predicted octanol–water partition coefficient (Wildman–Crippen LogP) is 0.461. The average Bonchev–Trinajstić information content (AvgIpc) is 2.22. The maximum absolute atomic E-state index is 13.3. The summed E-state index contributed by atoms with van der Waals surface area (Å²) in [5, 5.41) is 8.56. The molecule has 0 aromatic carbocycles. The van der Waals surface area contributed by atoms with Crippen LogP contribution in [-0.4, -0.2) is 20.5 Å². The molecule has 0 saturated heterocycles. The van der Waals surface area contributed by atoms with E-state index in [-0.39, 0.29) is 11.2 Å². The van der Waals surface area contributed by atoms with Gasteiger partial charge in [-0.05, 0) is 12.1 Å². The minimum absolute atomic E-state index is 0.0462. The summed E-state index contributed by atoms with van der Waals surface area (Å²) in [7, 11) is 0. The second kappa shape index (κ2) is 3.73. The molecule has 0 aliphatic rings. The van der Waals surface area contributed by atoms with Gasteiger partial charge in [-0.2, -0.15) is 4.39 Å². The highest BCUT2D eigenvalue weighted by atomic mass is 19.1. The van der Waals surface area contributed by atoms with E-state index in [1.807, 2.05) is 0 Å². The third-order valence-corrected chi connectivity index (χ3v) is 2.09. The first kappa shape index (κ1) is 10.3. The van der Waals surface area contributed by atoms with Gasteiger partial charge in [0.25, 0.3) is 5.56 Å². The van der Waals surface area contributed by atoms with Crippen molar-refractivity contribution in [3.8, 4) is 0 Å². The summed E-state index contributed by atoms with van der Waals surface area (Å²) in [4.78, 5) is 26.0. The average molecular weight is 222 g/mol. The topological polar surface area (TPSA) is 71.7 Å². The SMILES string of the molecule is O=C(O)Cc1cnc2cccc(F)n2c1=O. The molecule has 0 unspecified atom stereocenters. The minimum atomic E-state index is -1.16. The molecule has 0 atom stereocenters. The number of pyridine rings is 1. The molecule has 16 heavy (non-hydrogen) atoms. The Morgan fingerprint density at radius 2 is 2.25 bits per heavy atom. The summed E-state index contributed by atoms with van der Waals surface area (Å²) in [6, 6.07) is 4.00. The van der Waals surface area contributed by atoms with Crippen LogP contribution in [0.25, 0.3) is 5.65 Å². The van der Waals surface area contributed by atoms with Gasteiger partial charge in [0, 0.05) is 11.8 Å². The van der Waals surface area contributed by atoms with Gasteiger partial charge < -0.3 is 5.11 Å². The monoisotopic (exact) mass is 222 g/mol. The lowest BCUT2D eigenvalue weighted by Gasteiger charge is -2.02. The second-order valence-corrected chi connectivity index (χ2v) is 3.20. The quantitative estimate of drug-likeness (QED) is 0.749. The van der Waals surface area contributed by atoms with Gasteiger partial charge in [0.15, 0.2) is 0 Å². The molecule has 2 aromatic rings. The van der Waals surface area contributed by atoms with E-state index in [9.17, 15) is 14.0 Å². The fourth-order valence-corrected chi connectivity index (χ4v) is 1.40. The van der Waals surface area contributed by atoms with Gasteiger partial charge in [-0.25, -0.2) is 9.38 Å². The zero-order valence-electron chi connectivity index (χ0n) is 8.05.